The highest BCUT2D eigenvalue weighted by Gasteiger charge is 2.29. The van der Waals surface area contributed by atoms with Gasteiger partial charge in [0.15, 0.2) is 10.4 Å². The van der Waals surface area contributed by atoms with E-state index in [0.29, 0.717) is 24.4 Å². The minimum atomic E-state index is -0.456. The summed E-state index contributed by atoms with van der Waals surface area (Å²) in [5, 5.41) is 2.52. The van der Waals surface area contributed by atoms with E-state index in [9.17, 15) is 14.4 Å². The Morgan fingerprint density at radius 2 is 2.22 bits per heavy atom. The monoisotopic (exact) mass is 386 g/mol. The van der Waals surface area contributed by atoms with Gasteiger partial charge < -0.3 is 19.4 Å². The summed E-state index contributed by atoms with van der Waals surface area (Å²) in [7, 11) is 0. The molecule has 1 N–H and O–H groups in total. The first-order chi connectivity index (χ1) is 11.0. The van der Waals surface area contributed by atoms with Crippen molar-refractivity contribution in [3.05, 3.63) is 22.6 Å². The standard InChI is InChI=1S/C15H19BrN2O5/c1-2-22-15(21)10-4-3-7-18(9-10)13(19)8-17-14(20)11-5-6-12(16)23-11/h5-6,10H,2-4,7-9H2,1H3,(H,17,20)/t10-/m1/s1. The molecule has 0 aliphatic carbocycles. The minimum Gasteiger partial charge on any atom is -0.466 e. The lowest BCUT2D eigenvalue weighted by atomic mass is 9.98. The summed E-state index contributed by atoms with van der Waals surface area (Å²) < 4.78 is 10.6. The smallest absolute Gasteiger partial charge is 0.310 e. The first kappa shape index (κ1) is 17.5. The Morgan fingerprint density at radius 1 is 1.43 bits per heavy atom. The molecule has 0 unspecified atom stereocenters. The summed E-state index contributed by atoms with van der Waals surface area (Å²) in [4.78, 5) is 37.4. The van der Waals surface area contributed by atoms with Gasteiger partial charge in [-0.25, -0.2) is 0 Å². The van der Waals surface area contributed by atoms with Crippen LogP contribution in [-0.4, -0.2) is 48.9 Å². The van der Waals surface area contributed by atoms with Crippen molar-refractivity contribution in [1.82, 2.24) is 10.2 Å². The van der Waals surface area contributed by atoms with E-state index < -0.39 is 5.91 Å². The number of carbonyl (C=O) groups excluding carboxylic acids is 3. The van der Waals surface area contributed by atoms with Gasteiger partial charge in [0.05, 0.1) is 19.1 Å². The molecule has 0 spiro atoms. The summed E-state index contributed by atoms with van der Waals surface area (Å²) in [5.74, 6) is -1.10. The van der Waals surface area contributed by atoms with Crippen LogP contribution in [0.4, 0.5) is 0 Å². The average molecular weight is 387 g/mol. The van der Waals surface area contributed by atoms with Crippen LogP contribution in [0.5, 0.6) is 0 Å². The Kier molecular flexibility index (Phi) is 6.20. The normalized spacial score (nSPS) is 17.7. The Balaban J connectivity index is 1.83. The van der Waals surface area contributed by atoms with Crippen LogP contribution in [0, 0.1) is 5.92 Å². The fraction of sp³-hybridized carbons (Fsp3) is 0.533. The van der Waals surface area contributed by atoms with Crippen molar-refractivity contribution in [2.75, 3.05) is 26.2 Å². The lowest BCUT2D eigenvalue weighted by Crippen LogP contribution is -2.46. The van der Waals surface area contributed by atoms with Crippen molar-refractivity contribution in [2.45, 2.75) is 19.8 Å². The number of esters is 1. The number of halogens is 1. The third-order valence-corrected chi connectivity index (χ3v) is 4.02. The van der Waals surface area contributed by atoms with Crippen molar-refractivity contribution in [3.63, 3.8) is 0 Å². The number of nitrogens with one attached hydrogen (secondary N) is 1. The number of furan rings is 1. The van der Waals surface area contributed by atoms with Gasteiger partial charge in [0.25, 0.3) is 5.91 Å². The number of piperidine rings is 1. The van der Waals surface area contributed by atoms with Crippen LogP contribution in [0.25, 0.3) is 0 Å². The van der Waals surface area contributed by atoms with Crippen molar-refractivity contribution >= 4 is 33.7 Å². The lowest BCUT2D eigenvalue weighted by Gasteiger charge is -2.31. The molecule has 1 fully saturated rings. The van der Waals surface area contributed by atoms with Gasteiger partial charge in [0, 0.05) is 13.1 Å². The molecule has 1 aliphatic heterocycles. The molecular weight excluding hydrogens is 368 g/mol. The molecule has 7 nitrogen and oxygen atoms in total. The number of hydrogen-bond donors (Lipinski definition) is 1. The van der Waals surface area contributed by atoms with Gasteiger partial charge in [0.2, 0.25) is 5.91 Å². The number of nitrogens with zero attached hydrogens (tertiary/aromatic N) is 1. The van der Waals surface area contributed by atoms with Gasteiger partial charge in [-0.15, -0.1) is 0 Å². The van der Waals surface area contributed by atoms with Crippen LogP contribution < -0.4 is 5.32 Å². The molecule has 126 valence electrons. The highest BCUT2D eigenvalue weighted by atomic mass is 79.9. The molecule has 8 heteroatoms. The molecule has 1 saturated heterocycles. The van der Waals surface area contributed by atoms with Crippen LogP contribution in [-0.2, 0) is 14.3 Å². The van der Waals surface area contributed by atoms with E-state index >= 15 is 0 Å². The van der Waals surface area contributed by atoms with Crippen LogP contribution in [0.1, 0.15) is 30.3 Å². The molecule has 0 bridgehead atoms. The fourth-order valence-electron chi connectivity index (χ4n) is 2.45. The Hall–Kier alpha value is -1.83. The van der Waals surface area contributed by atoms with Crippen LogP contribution in [0.3, 0.4) is 0 Å². The first-order valence-corrected chi connectivity index (χ1v) is 8.28. The second kappa shape index (κ2) is 8.14. The number of hydrogen-bond acceptors (Lipinski definition) is 5. The largest absolute Gasteiger partial charge is 0.466 e. The number of amides is 2. The molecule has 1 aromatic rings. The summed E-state index contributed by atoms with van der Waals surface area (Å²) >= 11 is 3.11. The molecule has 23 heavy (non-hydrogen) atoms. The lowest BCUT2D eigenvalue weighted by molar-refractivity contribution is -0.151. The number of rotatable bonds is 5. The highest BCUT2D eigenvalue weighted by Crippen LogP contribution is 2.18. The maximum Gasteiger partial charge on any atom is 0.310 e. The number of ether oxygens (including phenoxy) is 1. The maximum atomic E-state index is 12.2. The van der Waals surface area contributed by atoms with E-state index in [1.165, 1.54) is 6.07 Å². The van der Waals surface area contributed by atoms with E-state index in [2.05, 4.69) is 21.2 Å². The SMILES string of the molecule is CCOC(=O)[C@@H]1CCCN(C(=O)CNC(=O)c2ccc(Br)o2)C1. The van der Waals surface area contributed by atoms with Gasteiger partial charge in [-0.2, -0.15) is 0 Å². The van der Waals surface area contributed by atoms with E-state index in [4.69, 9.17) is 9.15 Å². The summed E-state index contributed by atoms with van der Waals surface area (Å²) in [5.41, 5.74) is 0. The molecule has 0 radical (unpaired) electrons. The molecule has 1 aliphatic rings. The summed E-state index contributed by atoms with van der Waals surface area (Å²) in [6.07, 6.45) is 1.46. The van der Waals surface area contributed by atoms with Crippen molar-refractivity contribution < 1.29 is 23.5 Å². The molecule has 2 amide bonds. The van der Waals surface area contributed by atoms with Crippen LogP contribution in [0.2, 0.25) is 0 Å². The molecule has 0 saturated carbocycles. The number of carbonyl (C=O) groups is 3. The fourth-order valence-corrected chi connectivity index (χ4v) is 2.75. The van der Waals surface area contributed by atoms with E-state index in [1.54, 1.807) is 17.9 Å². The van der Waals surface area contributed by atoms with Crippen molar-refractivity contribution in [2.24, 2.45) is 5.92 Å². The second-order valence-electron chi connectivity index (χ2n) is 5.22. The van der Waals surface area contributed by atoms with E-state index in [0.717, 1.165) is 12.8 Å². The highest BCUT2D eigenvalue weighted by molar-refractivity contribution is 9.10. The van der Waals surface area contributed by atoms with Gasteiger partial charge in [-0.1, -0.05) is 0 Å². The van der Waals surface area contributed by atoms with Crippen LogP contribution >= 0.6 is 15.9 Å². The van der Waals surface area contributed by atoms with Gasteiger partial charge in [-0.3, -0.25) is 14.4 Å². The minimum absolute atomic E-state index is 0.132. The third kappa shape index (κ3) is 4.82. The maximum absolute atomic E-state index is 12.2. The molecule has 2 rings (SSSR count). The third-order valence-electron chi connectivity index (χ3n) is 3.59. The predicted molar refractivity (Wildman–Crippen MR) is 84.7 cm³/mol. The summed E-state index contributed by atoms with van der Waals surface area (Å²) in [6.45, 7) is 2.87. The van der Waals surface area contributed by atoms with Crippen LogP contribution in [0.15, 0.2) is 21.2 Å². The second-order valence-corrected chi connectivity index (χ2v) is 6.00. The Morgan fingerprint density at radius 3 is 2.87 bits per heavy atom. The van der Waals surface area contributed by atoms with Gasteiger partial charge >= 0.3 is 5.97 Å². The van der Waals surface area contributed by atoms with Crippen molar-refractivity contribution in [3.8, 4) is 0 Å². The molecule has 1 aromatic heterocycles. The first-order valence-electron chi connectivity index (χ1n) is 7.49. The Bertz CT molecular complexity index is 586. The zero-order valence-corrected chi connectivity index (χ0v) is 14.4. The zero-order valence-electron chi connectivity index (χ0n) is 12.8. The van der Waals surface area contributed by atoms with Crippen molar-refractivity contribution in [1.29, 1.82) is 0 Å². The average Bonchev–Trinajstić information content (AvgIpc) is 2.99. The zero-order chi connectivity index (χ0) is 16.8. The summed E-state index contributed by atoms with van der Waals surface area (Å²) in [6, 6.07) is 3.12. The van der Waals surface area contributed by atoms with Gasteiger partial charge in [-0.05, 0) is 47.8 Å². The van der Waals surface area contributed by atoms with E-state index in [1.807, 2.05) is 0 Å². The molecule has 0 aromatic carbocycles. The molecule has 1 atom stereocenters. The molecular formula is C15H19BrN2O5. The number of likely N-dealkylation sites (tertiary alicyclic amines) is 1. The van der Waals surface area contributed by atoms with E-state index in [-0.39, 0.29) is 30.1 Å². The Labute approximate surface area is 142 Å². The molecule has 2 heterocycles. The predicted octanol–water partition coefficient (Wildman–Crippen LogP) is 1.57. The quantitative estimate of drug-likeness (QED) is 0.775. The van der Waals surface area contributed by atoms with Gasteiger partial charge in [0.1, 0.15) is 0 Å². The topological polar surface area (TPSA) is 88.9 Å².